The van der Waals surface area contributed by atoms with E-state index < -0.39 is 0 Å². The van der Waals surface area contributed by atoms with E-state index in [1.165, 1.54) is 0 Å². The van der Waals surface area contributed by atoms with E-state index in [0.717, 1.165) is 30.2 Å². The minimum absolute atomic E-state index is 0.161. The van der Waals surface area contributed by atoms with Crippen LogP contribution >= 0.6 is 11.6 Å². The van der Waals surface area contributed by atoms with Crippen LogP contribution in [-0.4, -0.2) is 30.4 Å². The molecule has 0 radical (unpaired) electrons. The summed E-state index contributed by atoms with van der Waals surface area (Å²) in [5, 5.41) is 3.84. The van der Waals surface area contributed by atoms with Crippen LogP contribution in [0.3, 0.4) is 0 Å². The highest BCUT2D eigenvalue weighted by Crippen LogP contribution is 2.15. The summed E-state index contributed by atoms with van der Waals surface area (Å²) in [5.41, 5.74) is 1.08. The number of halogens is 1. The zero-order valence-corrected chi connectivity index (χ0v) is 10.7. The minimum atomic E-state index is 0.161. The molecule has 0 bridgehead atoms. The normalized spacial score (nSPS) is 15.4. The molecule has 0 aliphatic carbocycles. The lowest BCUT2D eigenvalue weighted by atomic mass is 10.0. The molecular formula is C13H17ClN2O. The van der Waals surface area contributed by atoms with E-state index in [2.05, 4.69) is 5.32 Å². The molecule has 17 heavy (non-hydrogen) atoms. The molecule has 1 aliphatic heterocycles. The van der Waals surface area contributed by atoms with Gasteiger partial charge in [0, 0.05) is 31.2 Å². The number of rotatable bonds is 4. The molecule has 1 heterocycles. The Bertz CT molecular complexity index is 404. The number of nitrogens with zero attached hydrogens (tertiary/aromatic N) is 1. The number of hydrogen-bond acceptors (Lipinski definition) is 2. The van der Waals surface area contributed by atoms with Gasteiger partial charge in [-0.1, -0.05) is 23.7 Å². The van der Waals surface area contributed by atoms with Crippen LogP contribution in [0.2, 0.25) is 5.02 Å². The Morgan fingerprint density at radius 3 is 2.82 bits per heavy atom. The second-order valence-corrected chi connectivity index (χ2v) is 4.77. The average Bonchev–Trinajstić information content (AvgIpc) is 2.23. The van der Waals surface area contributed by atoms with Gasteiger partial charge >= 0.3 is 0 Å². The predicted molar refractivity (Wildman–Crippen MR) is 68.9 cm³/mol. The van der Waals surface area contributed by atoms with Gasteiger partial charge in [-0.25, -0.2) is 0 Å². The van der Waals surface area contributed by atoms with Gasteiger partial charge in [-0.05, 0) is 24.6 Å². The molecule has 4 heteroatoms. The lowest BCUT2D eigenvalue weighted by molar-refractivity contribution is -0.137. The zero-order valence-electron chi connectivity index (χ0n) is 9.95. The topological polar surface area (TPSA) is 32.3 Å². The Labute approximate surface area is 107 Å². The van der Waals surface area contributed by atoms with Crippen molar-refractivity contribution in [3.05, 3.63) is 34.9 Å². The lowest BCUT2D eigenvalue weighted by Gasteiger charge is -2.32. The summed E-state index contributed by atoms with van der Waals surface area (Å²) in [6.45, 7) is 5.01. The maximum Gasteiger partial charge on any atom is 0.228 e. The Hall–Kier alpha value is -1.06. The van der Waals surface area contributed by atoms with Crippen molar-refractivity contribution in [2.75, 3.05) is 19.6 Å². The fourth-order valence-corrected chi connectivity index (χ4v) is 2.14. The molecule has 3 nitrogen and oxygen atoms in total. The summed E-state index contributed by atoms with van der Waals surface area (Å²) in [5.74, 6) is 0.403. The van der Waals surface area contributed by atoms with Crippen LogP contribution in [-0.2, 0) is 11.3 Å². The number of hydrogen-bond donors (Lipinski definition) is 1. The van der Waals surface area contributed by atoms with Gasteiger partial charge in [0.2, 0.25) is 5.91 Å². The third-order valence-electron chi connectivity index (χ3n) is 3.09. The molecule has 92 valence electrons. The first-order valence-corrected chi connectivity index (χ1v) is 6.32. The molecule has 0 saturated carbocycles. The van der Waals surface area contributed by atoms with E-state index in [1.807, 2.05) is 36.1 Å². The molecule has 0 atom stereocenters. The highest BCUT2D eigenvalue weighted by molar-refractivity contribution is 6.30. The van der Waals surface area contributed by atoms with E-state index >= 15 is 0 Å². The SMILES string of the molecule is CCN(Cc1cccc(Cl)c1)C(=O)C1CNC1. The van der Waals surface area contributed by atoms with Crippen molar-refractivity contribution in [2.45, 2.75) is 13.5 Å². The molecule has 0 aromatic heterocycles. The van der Waals surface area contributed by atoms with Crippen molar-refractivity contribution in [1.29, 1.82) is 0 Å². The standard InChI is InChI=1S/C13H17ClN2O/c1-2-16(13(17)11-7-15-8-11)9-10-4-3-5-12(14)6-10/h3-6,11,15H,2,7-9H2,1H3. The maximum atomic E-state index is 12.1. The van der Waals surface area contributed by atoms with Crippen LogP contribution < -0.4 is 5.32 Å². The molecule has 0 spiro atoms. The Kier molecular flexibility index (Phi) is 4.02. The fourth-order valence-electron chi connectivity index (χ4n) is 1.92. The molecule has 2 rings (SSSR count). The number of amides is 1. The van der Waals surface area contributed by atoms with Gasteiger partial charge in [0.05, 0.1) is 5.92 Å². The minimum Gasteiger partial charge on any atom is -0.338 e. The fraction of sp³-hybridized carbons (Fsp3) is 0.462. The first-order valence-electron chi connectivity index (χ1n) is 5.94. The van der Waals surface area contributed by atoms with Crippen molar-refractivity contribution >= 4 is 17.5 Å². The molecule has 1 fully saturated rings. The van der Waals surface area contributed by atoms with Gasteiger partial charge in [-0.2, -0.15) is 0 Å². The largest absolute Gasteiger partial charge is 0.338 e. The summed E-state index contributed by atoms with van der Waals surface area (Å²) in [4.78, 5) is 14.0. The molecule has 1 amide bonds. The van der Waals surface area contributed by atoms with Crippen LogP contribution in [0.4, 0.5) is 0 Å². The highest BCUT2D eigenvalue weighted by atomic mass is 35.5. The number of carbonyl (C=O) groups excluding carboxylic acids is 1. The Morgan fingerprint density at radius 1 is 1.53 bits per heavy atom. The van der Waals surface area contributed by atoms with Gasteiger partial charge in [0.15, 0.2) is 0 Å². The Balaban J connectivity index is 2.01. The smallest absolute Gasteiger partial charge is 0.228 e. The second kappa shape index (κ2) is 5.52. The van der Waals surface area contributed by atoms with Gasteiger partial charge in [0.1, 0.15) is 0 Å². The van der Waals surface area contributed by atoms with Gasteiger partial charge < -0.3 is 10.2 Å². The van der Waals surface area contributed by atoms with Crippen LogP contribution in [0.1, 0.15) is 12.5 Å². The van der Waals surface area contributed by atoms with Crippen molar-refractivity contribution in [3.8, 4) is 0 Å². The zero-order chi connectivity index (χ0) is 12.3. The quantitative estimate of drug-likeness (QED) is 0.888. The monoisotopic (exact) mass is 252 g/mol. The van der Waals surface area contributed by atoms with Gasteiger partial charge in [-0.15, -0.1) is 0 Å². The van der Waals surface area contributed by atoms with Crippen LogP contribution in [0.25, 0.3) is 0 Å². The van der Waals surface area contributed by atoms with Gasteiger partial charge in [-0.3, -0.25) is 4.79 Å². The van der Waals surface area contributed by atoms with Crippen molar-refractivity contribution in [1.82, 2.24) is 10.2 Å². The van der Waals surface area contributed by atoms with Gasteiger partial charge in [0.25, 0.3) is 0 Å². The van der Waals surface area contributed by atoms with E-state index in [0.29, 0.717) is 6.54 Å². The molecule has 1 N–H and O–H groups in total. The van der Waals surface area contributed by atoms with Crippen molar-refractivity contribution in [2.24, 2.45) is 5.92 Å². The first kappa shape index (κ1) is 12.4. The van der Waals surface area contributed by atoms with Crippen LogP contribution in [0.15, 0.2) is 24.3 Å². The molecular weight excluding hydrogens is 236 g/mol. The summed E-state index contributed by atoms with van der Waals surface area (Å²) < 4.78 is 0. The number of nitrogens with one attached hydrogen (secondary N) is 1. The molecule has 0 unspecified atom stereocenters. The Morgan fingerprint density at radius 2 is 2.29 bits per heavy atom. The van der Waals surface area contributed by atoms with Crippen molar-refractivity contribution in [3.63, 3.8) is 0 Å². The average molecular weight is 253 g/mol. The van der Waals surface area contributed by atoms with E-state index in [1.54, 1.807) is 0 Å². The molecule has 1 saturated heterocycles. The molecule has 1 aromatic rings. The van der Waals surface area contributed by atoms with E-state index in [9.17, 15) is 4.79 Å². The summed E-state index contributed by atoms with van der Waals surface area (Å²) >= 11 is 5.94. The van der Waals surface area contributed by atoms with Crippen LogP contribution in [0, 0.1) is 5.92 Å². The molecule has 1 aliphatic rings. The summed E-state index contributed by atoms with van der Waals surface area (Å²) in [6.07, 6.45) is 0. The van der Waals surface area contributed by atoms with Crippen molar-refractivity contribution < 1.29 is 4.79 Å². The summed E-state index contributed by atoms with van der Waals surface area (Å²) in [6, 6.07) is 7.68. The third-order valence-corrected chi connectivity index (χ3v) is 3.32. The number of benzene rings is 1. The second-order valence-electron chi connectivity index (χ2n) is 4.34. The highest BCUT2D eigenvalue weighted by Gasteiger charge is 2.28. The number of carbonyl (C=O) groups is 1. The van der Waals surface area contributed by atoms with E-state index in [-0.39, 0.29) is 11.8 Å². The lowest BCUT2D eigenvalue weighted by Crippen LogP contribution is -2.51. The maximum absolute atomic E-state index is 12.1. The summed E-state index contributed by atoms with van der Waals surface area (Å²) in [7, 11) is 0. The third kappa shape index (κ3) is 2.99. The molecule has 1 aromatic carbocycles. The first-order chi connectivity index (χ1) is 8.20. The van der Waals surface area contributed by atoms with E-state index in [4.69, 9.17) is 11.6 Å². The van der Waals surface area contributed by atoms with Crippen LogP contribution in [0.5, 0.6) is 0 Å². The predicted octanol–water partition coefficient (Wildman–Crippen LogP) is 1.91.